The summed E-state index contributed by atoms with van der Waals surface area (Å²) in [4.78, 5) is 14.1. The molecule has 1 N–H and O–H groups in total. The number of carbonyl (C=O) groups excluding carboxylic acids is 1. The Morgan fingerprint density at radius 1 is 1.36 bits per heavy atom. The molecule has 1 aliphatic heterocycles. The van der Waals surface area contributed by atoms with E-state index in [4.69, 9.17) is 4.74 Å². The van der Waals surface area contributed by atoms with Crippen LogP contribution in [0.3, 0.4) is 0 Å². The van der Waals surface area contributed by atoms with Crippen LogP contribution >= 0.6 is 0 Å². The summed E-state index contributed by atoms with van der Waals surface area (Å²) < 4.78 is 5.61. The maximum absolute atomic E-state index is 12.3. The number of likely N-dealkylation sites (tertiary alicyclic amines) is 1. The van der Waals surface area contributed by atoms with Crippen LogP contribution in [0.4, 0.5) is 0 Å². The van der Waals surface area contributed by atoms with Crippen LogP contribution in [0.1, 0.15) is 32.6 Å². The van der Waals surface area contributed by atoms with Crippen molar-refractivity contribution in [3.8, 4) is 5.75 Å². The molecule has 2 aliphatic rings. The molecule has 2 atom stereocenters. The summed E-state index contributed by atoms with van der Waals surface area (Å²) in [5.41, 5.74) is -0.643. The molecule has 1 aromatic rings. The van der Waals surface area contributed by atoms with E-state index in [1.54, 1.807) is 0 Å². The minimum atomic E-state index is -0.643. The first-order chi connectivity index (χ1) is 10.6. The van der Waals surface area contributed by atoms with Gasteiger partial charge in [0.15, 0.2) is 0 Å². The maximum atomic E-state index is 12.3. The number of β-amino-alcohol motifs (C(OH)–C–C–N with tert-alkyl or cyclic N) is 1. The molecule has 2 fully saturated rings. The summed E-state index contributed by atoms with van der Waals surface area (Å²) in [7, 11) is 0. The van der Waals surface area contributed by atoms with Gasteiger partial charge in [-0.2, -0.15) is 0 Å². The van der Waals surface area contributed by atoms with E-state index in [0.29, 0.717) is 38.5 Å². The highest BCUT2D eigenvalue weighted by molar-refractivity contribution is 5.76. The van der Waals surface area contributed by atoms with Gasteiger partial charge in [0.2, 0.25) is 5.91 Å². The Bertz CT molecular complexity index is 514. The molecular weight excluding hydrogens is 278 g/mol. The number of ether oxygens (including phenoxy) is 1. The lowest BCUT2D eigenvalue weighted by Crippen LogP contribution is -2.40. The largest absolute Gasteiger partial charge is 0.494 e. The third-order valence-electron chi connectivity index (χ3n) is 4.98. The first-order valence-electron chi connectivity index (χ1n) is 8.27. The standard InChI is InChI=1S/C18H25NO3/c1-14-12-19(13-18(14,21)15-9-10-15)17(20)8-5-11-22-16-6-3-2-4-7-16/h2-4,6-7,14-15,21H,5,8-13H2,1H3. The van der Waals surface area contributed by atoms with Crippen molar-refractivity contribution in [3.05, 3.63) is 30.3 Å². The summed E-state index contributed by atoms with van der Waals surface area (Å²) in [6.07, 6.45) is 3.41. The van der Waals surface area contributed by atoms with Crippen molar-refractivity contribution in [2.24, 2.45) is 11.8 Å². The van der Waals surface area contributed by atoms with Crippen LogP contribution in [0.15, 0.2) is 30.3 Å². The Morgan fingerprint density at radius 2 is 2.09 bits per heavy atom. The first-order valence-corrected chi connectivity index (χ1v) is 8.27. The molecular formula is C18H25NO3. The van der Waals surface area contributed by atoms with Gasteiger partial charge in [-0.15, -0.1) is 0 Å². The Hall–Kier alpha value is -1.55. The third-order valence-corrected chi connectivity index (χ3v) is 4.98. The molecule has 1 saturated heterocycles. The highest BCUT2D eigenvalue weighted by atomic mass is 16.5. The highest BCUT2D eigenvalue weighted by Crippen LogP contribution is 2.47. The monoisotopic (exact) mass is 303 g/mol. The predicted molar refractivity (Wildman–Crippen MR) is 84.6 cm³/mol. The van der Waals surface area contributed by atoms with Crippen molar-refractivity contribution in [2.75, 3.05) is 19.7 Å². The summed E-state index contributed by atoms with van der Waals surface area (Å²) in [6.45, 7) is 3.80. The molecule has 1 amide bonds. The molecule has 3 rings (SSSR count). The van der Waals surface area contributed by atoms with E-state index in [1.165, 1.54) is 0 Å². The quantitative estimate of drug-likeness (QED) is 0.821. The minimum Gasteiger partial charge on any atom is -0.494 e. The van der Waals surface area contributed by atoms with Gasteiger partial charge in [0, 0.05) is 25.4 Å². The Labute approximate surface area is 132 Å². The number of benzene rings is 1. The smallest absolute Gasteiger partial charge is 0.222 e. The fourth-order valence-corrected chi connectivity index (χ4v) is 3.41. The second-order valence-corrected chi connectivity index (χ2v) is 6.71. The number of para-hydroxylation sites is 1. The van der Waals surface area contributed by atoms with Crippen LogP contribution in [0.5, 0.6) is 5.75 Å². The number of amides is 1. The summed E-state index contributed by atoms with van der Waals surface area (Å²) in [5.74, 6) is 1.57. The van der Waals surface area contributed by atoms with Gasteiger partial charge in [-0.3, -0.25) is 4.79 Å². The zero-order valence-electron chi connectivity index (χ0n) is 13.2. The van der Waals surface area contributed by atoms with Crippen molar-refractivity contribution in [2.45, 2.75) is 38.2 Å². The van der Waals surface area contributed by atoms with Gasteiger partial charge in [0.1, 0.15) is 5.75 Å². The SMILES string of the molecule is CC1CN(C(=O)CCCOc2ccccc2)CC1(O)C1CC1. The van der Waals surface area contributed by atoms with Crippen LogP contribution in [0.2, 0.25) is 0 Å². The number of hydrogen-bond donors (Lipinski definition) is 1. The van der Waals surface area contributed by atoms with E-state index >= 15 is 0 Å². The van der Waals surface area contributed by atoms with E-state index in [2.05, 4.69) is 6.92 Å². The molecule has 120 valence electrons. The average molecular weight is 303 g/mol. The molecule has 4 heteroatoms. The zero-order chi connectivity index (χ0) is 15.6. The predicted octanol–water partition coefficient (Wildman–Crippen LogP) is 2.47. The fraction of sp³-hybridized carbons (Fsp3) is 0.611. The lowest BCUT2D eigenvalue weighted by molar-refractivity contribution is -0.131. The van der Waals surface area contributed by atoms with Crippen molar-refractivity contribution in [1.29, 1.82) is 0 Å². The van der Waals surface area contributed by atoms with Gasteiger partial charge < -0.3 is 14.7 Å². The number of carbonyl (C=O) groups is 1. The molecule has 0 spiro atoms. The second kappa shape index (κ2) is 6.29. The van der Waals surface area contributed by atoms with Crippen molar-refractivity contribution in [3.63, 3.8) is 0 Å². The number of hydrogen-bond acceptors (Lipinski definition) is 3. The van der Waals surface area contributed by atoms with Gasteiger partial charge in [-0.05, 0) is 37.3 Å². The van der Waals surface area contributed by atoms with Crippen molar-refractivity contribution in [1.82, 2.24) is 4.90 Å². The van der Waals surface area contributed by atoms with Gasteiger partial charge in [0.05, 0.1) is 12.2 Å². The first kappa shape index (κ1) is 15.3. The number of rotatable bonds is 6. The van der Waals surface area contributed by atoms with Crippen molar-refractivity contribution < 1.29 is 14.6 Å². The van der Waals surface area contributed by atoms with Gasteiger partial charge in [0.25, 0.3) is 0 Å². The normalized spacial score (nSPS) is 27.9. The molecule has 0 bridgehead atoms. The Balaban J connectivity index is 1.41. The zero-order valence-corrected chi connectivity index (χ0v) is 13.2. The van der Waals surface area contributed by atoms with Crippen LogP contribution in [-0.2, 0) is 4.79 Å². The molecule has 1 saturated carbocycles. The van der Waals surface area contributed by atoms with Crippen molar-refractivity contribution >= 4 is 5.91 Å². The molecule has 0 radical (unpaired) electrons. The Kier molecular flexibility index (Phi) is 4.39. The van der Waals surface area contributed by atoms with E-state index in [9.17, 15) is 9.90 Å². The van der Waals surface area contributed by atoms with Crippen LogP contribution in [0.25, 0.3) is 0 Å². The summed E-state index contributed by atoms with van der Waals surface area (Å²) in [5, 5.41) is 10.7. The second-order valence-electron chi connectivity index (χ2n) is 6.71. The fourth-order valence-electron chi connectivity index (χ4n) is 3.41. The molecule has 1 aliphatic carbocycles. The molecule has 4 nitrogen and oxygen atoms in total. The van der Waals surface area contributed by atoms with E-state index in [1.807, 2.05) is 35.2 Å². The van der Waals surface area contributed by atoms with Gasteiger partial charge in [-0.25, -0.2) is 0 Å². The average Bonchev–Trinajstić information content (AvgIpc) is 3.32. The maximum Gasteiger partial charge on any atom is 0.222 e. The van der Waals surface area contributed by atoms with E-state index < -0.39 is 5.60 Å². The summed E-state index contributed by atoms with van der Waals surface area (Å²) >= 11 is 0. The highest BCUT2D eigenvalue weighted by Gasteiger charge is 2.53. The molecule has 2 unspecified atom stereocenters. The van der Waals surface area contributed by atoms with Crippen LogP contribution in [0, 0.1) is 11.8 Å². The lowest BCUT2D eigenvalue weighted by atomic mass is 9.88. The Morgan fingerprint density at radius 3 is 2.77 bits per heavy atom. The van der Waals surface area contributed by atoms with Gasteiger partial charge in [-0.1, -0.05) is 25.1 Å². The third kappa shape index (κ3) is 3.27. The molecule has 22 heavy (non-hydrogen) atoms. The minimum absolute atomic E-state index is 0.139. The van der Waals surface area contributed by atoms with Crippen LogP contribution in [-0.4, -0.2) is 41.2 Å². The summed E-state index contributed by atoms with van der Waals surface area (Å²) in [6, 6.07) is 9.65. The van der Waals surface area contributed by atoms with Gasteiger partial charge >= 0.3 is 0 Å². The molecule has 0 aromatic heterocycles. The van der Waals surface area contributed by atoms with E-state index in [0.717, 1.165) is 18.6 Å². The molecule has 1 aromatic carbocycles. The lowest BCUT2D eigenvalue weighted by Gasteiger charge is -2.26. The number of nitrogens with zero attached hydrogens (tertiary/aromatic N) is 1. The van der Waals surface area contributed by atoms with Crippen LogP contribution < -0.4 is 4.74 Å². The van der Waals surface area contributed by atoms with E-state index in [-0.39, 0.29) is 11.8 Å². The molecule has 1 heterocycles. The topological polar surface area (TPSA) is 49.8 Å². The number of aliphatic hydroxyl groups is 1.